The molecular formula is C17H15N3O5. The minimum absolute atomic E-state index is 0.132. The van der Waals surface area contributed by atoms with Gasteiger partial charge in [-0.2, -0.15) is 5.26 Å². The van der Waals surface area contributed by atoms with Gasteiger partial charge in [0.15, 0.2) is 18.1 Å². The molecule has 1 amide bonds. The molecule has 2 aromatic carbocycles. The molecule has 0 aliphatic heterocycles. The smallest absolute Gasteiger partial charge is 0.293 e. The molecule has 0 saturated heterocycles. The van der Waals surface area contributed by atoms with Crippen LogP contribution in [0.1, 0.15) is 11.1 Å². The fraction of sp³-hybridized carbons (Fsp3) is 0.176. The highest BCUT2D eigenvalue weighted by atomic mass is 16.6. The number of nitro groups is 1. The van der Waals surface area contributed by atoms with E-state index in [0.29, 0.717) is 16.9 Å². The maximum Gasteiger partial charge on any atom is 0.293 e. The monoisotopic (exact) mass is 341 g/mol. The highest BCUT2D eigenvalue weighted by Gasteiger charge is 2.18. The summed E-state index contributed by atoms with van der Waals surface area (Å²) in [5, 5.41) is 22.4. The van der Waals surface area contributed by atoms with Gasteiger partial charge >= 0.3 is 0 Å². The number of carbonyl (C=O) groups excluding carboxylic acids is 1. The Morgan fingerprint density at radius 1 is 1.32 bits per heavy atom. The van der Waals surface area contributed by atoms with Gasteiger partial charge in [-0.3, -0.25) is 14.9 Å². The molecule has 128 valence electrons. The van der Waals surface area contributed by atoms with Crippen LogP contribution in [-0.4, -0.2) is 24.5 Å². The number of methoxy groups -OCH3 is 1. The third-order valence-electron chi connectivity index (χ3n) is 3.36. The lowest BCUT2D eigenvalue weighted by Crippen LogP contribution is -2.21. The molecule has 0 aliphatic carbocycles. The van der Waals surface area contributed by atoms with E-state index < -0.39 is 10.8 Å². The van der Waals surface area contributed by atoms with Crippen LogP contribution in [-0.2, 0) is 4.79 Å². The minimum atomic E-state index is -0.562. The number of benzene rings is 2. The van der Waals surface area contributed by atoms with Crippen LogP contribution in [0.2, 0.25) is 0 Å². The van der Waals surface area contributed by atoms with E-state index in [1.165, 1.54) is 31.4 Å². The van der Waals surface area contributed by atoms with Crippen LogP contribution in [0.5, 0.6) is 11.5 Å². The third-order valence-corrected chi connectivity index (χ3v) is 3.36. The van der Waals surface area contributed by atoms with Crippen molar-refractivity contribution in [2.75, 3.05) is 19.0 Å². The van der Waals surface area contributed by atoms with Gasteiger partial charge in [0.25, 0.3) is 11.6 Å². The van der Waals surface area contributed by atoms with Gasteiger partial charge in [0, 0.05) is 12.1 Å². The summed E-state index contributed by atoms with van der Waals surface area (Å²) in [6.07, 6.45) is 0. The number of hydrogen-bond acceptors (Lipinski definition) is 6. The van der Waals surface area contributed by atoms with Gasteiger partial charge in [-0.1, -0.05) is 12.1 Å². The van der Waals surface area contributed by atoms with Gasteiger partial charge in [0.1, 0.15) is 5.69 Å². The van der Waals surface area contributed by atoms with Crippen LogP contribution >= 0.6 is 0 Å². The average molecular weight is 341 g/mol. The normalized spacial score (nSPS) is 9.80. The number of aryl methyl sites for hydroxylation is 1. The van der Waals surface area contributed by atoms with E-state index in [9.17, 15) is 14.9 Å². The van der Waals surface area contributed by atoms with Crippen molar-refractivity contribution in [3.63, 3.8) is 0 Å². The highest BCUT2D eigenvalue weighted by Crippen LogP contribution is 2.29. The number of nitrogens with one attached hydrogen (secondary N) is 1. The average Bonchev–Trinajstić information content (AvgIpc) is 2.61. The maximum absolute atomic E-state index is 12.1. The molecule has 2 rings (SSSR count). The first-order valence-corrected chi connectivity index (χ1v) is 7.21. The number of carbonyl (C=O) groups is 1. The molecule has 0 heterocycles. The summed E-state index contributed by atoms with van der Waals surface area (Å²) in [5.41, 5.74) is 0.903. The van der Waals surface area contributed by atoms with E-state index in [0.717, 1.165) is 0 Å². The first-order valence-electron chi connectivity index (χ1n) is 7.21. The lowest BCUT2D eigenvalue weighted by molar-refractivity contribution is -0.384. The first-order chi connectivity index (χ1) is 12.0. The SMILES string of the molecule is COc1cc(C#N)ccc1OCC(=O)Nc1c(C)cccc1[N+](=O)[O-]. The summed E-state index contributed by atoms with van der Waals surface area (Å²) in [7, 11) is 1.42. The van der Waals surface area contributed by atoms with Crippen molar-refractivity contribution in [2.45, 2.75) is 6.92 Å². The number of nitriles is 1. The Morgan fingerprint density at radius 2 is 2.08 bits per heavy atom. The van der Waals surface area contributed by atoms with E-state index in [4.69, 9.17) is 14.7 Å². The Morgan fingerprint density at radius 3 is 2.72 bits per heavy atom. The molecule has 8 nitrogen and oxygen atoms in total. The number of hydrogen-bond donors (Lipinski definition) is 1. The zero-order valence-corrected chi connectivity index (χ0v) is 13.6. The molecule has 2 aromatic rings. The Bertz CT molecular complexity index is 858. The van der Waals surface area contributed by atoms with Crippen molar-refractivity contribution in [2.24, 2.45) is 0 Å². The van der Waals surface area contributed by atoms with E-state index >= 15 is 0 Å². The van der Waals surface area contributed by atoms with Gasteiger partial charge in [-0.25, -0.2) is 0 Å². The molecule has 0 radical (unpaired) electrons. The van der Waals surface area contributed by atoms with Crippen LogP contribution in [0.25, 0.3) is 0 Å². The zero-order valence-electron chi connectivity index (χ0n) is 13.6. The molecule has 0 spiro atoms. The number of nitrogens with zero attached hydrogens (tertiary/aromatic N) is 2. The van der Waals surface area contributed by atoms with E-state index in [-0.39, 0.29) is 23.7 Å². The summed E-state index contributed by atoms with van der Waals surface area (Å²) < 4.78 is 10.5. The molecule has 1 N–H and O–H groups in total. The fourth-order valence-corrected chi connectivity index (χ4v) is 2.14. The second-order valence-electron chi connectivity index (χ2n) is 5.04. The van der Waals surface area contributed by atoms with Gasteiger partial charge in [0.2, 0.25) is 0 Å². The summed E-state index contributed by atoms with van der Waals surface area (Å²) >= 11 is 0. The topological polar surface area (TPSA) is 114 Å². The van der Waals surface area contributed by atoms with Crippen molar-refractivity contribution in [3.05, 3.63) is 57.6 Å². The number of amides is 1. The molecule has 0 atom stereocenters. The molecule has 25 heavy (non-hydrogen) atoms. The molecule has 8 heteroatoms. The van der Waals surface area contributed by atoms with E-state index in [1.54, 1.807) is 19.1 Å². The zero-order chi connectivity index (χ0) is 18.4. The Balaban J connectivity index is 2.10. The molecule has 0 bridgehead atoms. The quantitative estimate of drug-likeness (QED) is 0.638. The van der Waals surface area contributed by atoms with Crippen LogP contribution in [0.3, 0.4) is 0 Å². The minimum Gasteiger partial charge on any atom is -0.493 e. The van der Waals surface area contributed by atoms with Crippen molar-refractivity contribution in [1.82, 2.24) is 0 Å². The molecule has 0 fully saturated rings. The van der Waals surface area contributed by atoms with Crippen molar-refractivity contribution < 1.29 is 19.2 Å². The fourth-order valence-electron chi connectivity index (χ4n) is 2.14. The maximum atomic E-state index is 12.1. The first kappa shape index (κ1) is 17.7. The van der Waals surface area contributed by atoms with Gasteiger partial charge in [-0.05, 0) is 24.6 Å². The Labute approximate surface area is 143 Å². The molecule has 0 aliphatic rings. The number of ether oxygens (including phenoxy) is 2. The predicted molar refractivity (Wildman–Crippen MR) is 89.7 cm³/mol. The number of nitro benzene ring substituents is 1. The lowest BCUT2D eigenvalue weighted by Gasteiger charge is -2.12. The van der Waals surface area contributed by atoms with Crippen molar-refractivity contribution in [3.8, 4) is 17.6 Å². The molecule has 0 saturated carbocycles. The summed E-state index contributed by atoms with van der Waals surface area (Å²) in [6, 6.07) is 11.0. The second kappa shape index (κ2) is 7.79. The van der Waals surface area contributed by atoms with Crippen LogP contribution in [0, 0.1) is 28.4 Å². The third kappa shape index (κ3) is 4.23. The Hall–Kier alpha value is -3.60. The molecule has 0 aromatic heterocycles. The predicted octanol–water partition coefficient (Wildman–Crippen LogP) is 2.80. The van der Waals surface area contributed by atoms with Gasteiger partial charge < -0.3 is 14.8 Å². The van der Waals surface area contributed by atoms with Gasteiger partial charge in [0.05, 0.1) is 23.7 Å². The van der Waals surface area contributed by atoms with Crippen molar-refractivity contribution in [1.29, 1.82) is 5.26 Å². The number of rotatable bonds is 6. The Kier molecular flexibility index (Phi) is 5.53. The second-order valence-corrected chi connectivity index (χ2v) is 5.04. The highest BCUT2D eigenvalue weighted by molar-refractivity contribution is 5.95. The van der Waals surface area contributed by atoms with E-state index in [2.05, 4.69) is 5.32 Å². The van der Waals surface area contributed by atoms with Crippen LogP contribution in [0.15, 0.2) is 36.4 Å². The molecular weight excluding hydrogens is 326 g/mol. The van der Waals surface area contributed by atoms with Gasteiger partial charge in [-0.15, -0.1) is 0 Å². The largest absolute Gasteiger partial charge is 0.493 e. The van der Waals surface area contributed by atoms with E-state index in [1.807, 2.05) is 6.07 Å². The standard InChI is InChI=1S/C17H15N3O5/c1-11-4-3-5-13(20(22)23)17(11)19-16(21)10-25-14-7-6-12(9-18)8-15(14)24-2/h3-8H,10H2,1-2H3,(H,19,21). The summed E-state index contributed by atoms with van der Waals surface area (Å²) in [6.45, 7) is 1.29. The summed E-state index contributed by atoms with van der Waals surface area (Å²) in [4.78, 5) is 22.6. The lowest BCUT2D eigenvalue weighted by atomic mass is 10.1. The van der Waals surface area contributed by atoms with Crippen LogP contribution < -0.4 is 14.8 Å². The number of para-hydroxylation sites is 1. The molecule has 0 unspecified atom stereocenters. The van der Waals surface area contributed by atoms with Crippen molar-refractivity contribution >= 4 is 17.3 Å². The van der Waals surface area contributed by atoms with Crippen LogP contribution in [0.4, 0.5) is 11.4 Å². The summed E-state index contributed by atoms with van der Waals surface area (Å²) in [5.74, 6) is 0.0495. The number of anilines is 1.